The van der Waals surface area contributed by atoms with Gasteiger partial charge < -0.3 is 10.1 Å². The summed E-state index contributed by atoms with van der Waals surface area (Å²) in [6, 6.07) is 1.22. The van der Waals surface area contributed by atoms with E-state index in [1.54, 1.807) is 7.11 Å². The lowest BCUT2D eigenvalue weighted by molar-refractivity contribution is 0.156. The highest BCUT2D eigenvalue weighted by Crippen LogP contribution is 2.07. The zero-order valence-corrected chi connectivity index (χ0v) is 10.3. The van der Waals surface area contributed by atoms with Crippen LogP contribution >= 0.6 is 0 Å². The third kappa shape index (κ3) is 6.39. The lowest BCUT2D eigenvalue weighted by Crippen LogP contribution is -2.40. The van der Waals surface area contributed by atoms with E-state index in [1.165, 1.54) is 25.7 Å². The molecule has 0 radical (unpaired) electrons. The Labute approximate surface area is 89.4 Å². The number of ether oxygens (including phenoxy) is 1. The van der Waals surface area contributed by atoms with Gasteiger partial charge in [-0.15, -0.1) is 0 Å². The summed E-state index contributed by atoms with van der Waals surface area (Å²) in [6.45, 7) is 7.55. The summed E-state index contributed by atoms with van der Waals surface area (Å²) in [7, 11) is 1.78. The molecule has 14 heavy (non-hydrogen) atoms. The van der Waals surface area contributed by atoms with Crippen LogP contribution in [0.25, 0.3) is 0 Å². The molecule has 86 valence electrons. The standard InChI is InChI=1S/C12H27NO/c1-5-8-12(9-6-2)13-11(7-3)10-14-4/h11-13H,5-10H2,1-4H3. The fraction of sp³-hybridized carbons (Fsp3) is 1.00. The second kappa shape index (κ2) is 9.47. The van der Waals surface area contributed by atoms with Crippen molar-refractivity contribution in [3.05, 3.63) is 0 Å². The summed E-state index contributed by atoms with van der Waals surface area (Å²) in [6.07, 6.45) is 6.25. The third-order valence-electron chi connectivity index (χ3n) is 2.61. The number of hydrogen-bond acceptors (Lipinski definition) is 2. The van der Waals surface area contributed by atoms with Gasteiger partial charge in [0.2, 0.25) is 0 Å². The van der Waals surface area contributed by atoms with Crippen molar-refractivity contribution < 1.29 is 4.74 Å². The van der Waals surface area contributed by atoms with Crippen molar-refractivity contribution in [1.29, 1.82) is 0 Å². The van der Waals surface area contributed by atoms with Crippen molar-refractivity contribution in [1.82, 2.24) is 5.32 Å². The molecule has 1 N–H and O–H groups in total. The quantitative estimate of drug-likeness (QED) is 0.619. The molecule has 2 heteroatoms. The van der Waals surface area contributed by atoms with Gasteiger partial charge in [0.1, 0.15) is 0 Å². The van der Waals surface area contributed by atoms with Gasteiger partial charge in [0.25, 0.3) is 0 Å². The van der Waals surface area contributed by atoms with Crippen LogP contribution in [0.3, 0.4) is 0 Å². The Morgan fingerprint density at radius 2 is 1.57 bits per heavy atom. The molecule has 2 nitrogen and oxygen atoms in total. The first-order chi connectivity index (χ1) is 6.78. The van der Waals surface area contributed by atoms with Crippen LogP contribution in [0, 0.1) is 0 Å². The van der Waals surface area contributed by atoms with Crippen molar-refractivity contribution >= 4 is 0 Å². The normalized spacial score (nSPS) is 13.5. The summed E-state index contributed by atoms with van der Waals surface area (Å²) < 4.78 is 5.19. The van der Waals surface area contributed by atoms with Crippen LogP contribution in [0.5, 0.6) is 0 Å². The Balaban J connectivity index is 3.83. The molecular weight excluding hydrogens is 174 g/mol. The van der Waals surface area contributed by atoms with Crippen LogP contribution in [0.4, 0.5) is 0 Å². The minimum atomic E-state index is 0.531. The molecule has 0 aliphatic heterocycles. The van der Waals surface area contributed by atoms with Gasteiger partial charge in [-0.25, -0.2) is 0 Å². The first-order valence-corrected chi connectivity index (χ1v) is 6.03. The minimum absolute atomic E-state index is 0.531. The molecular formula is C12H27NO. The van der Waals surface area contributed by atoms with E-state index in [0.29, 0.717) is 12.1 Å². The van der Waals surface area contributed by atoms with E-state index in [4.69, 9.17) is 4.74 Å². The average molecular weight is 201 g/mol. The maximum absolute atomic E-state index is 5.19. The van der Waals surface area contributed by atoms with E-state index >= 15 is 0 Å². The van der Waals surface area contributed by atoms with Gasteiger partial charge in [0.05, 0.1) is 6.61 Å². The molecule has 0 aliphatic rings. The maximum atomic E-state index is 5.19. The van der Waals surface area contributed by atoms with Gasteiger partial charge in [0.15, 0.2) is 0 Å². The Kier molecular flexibility index (Phi) is 9.42. The van der Waals surface area contributed by atoms with Crippen molar-refractivity contribution in [3.8, 4) is 0 Å². The highest BCUT2D eigenvalue weighted by molar-refractivity contribution is 4.72. The highest BCUT2D eigenvalue weighted by atomic mass is 16.5. The number of nitrogens with one attached hydrogen (secondary N) is 1. The van der Waals surface area contributed by atoms with Gasteiger partial charge >= 0.3 is 0 Å². The van der Waals surface area contributed by atoms with Crippen LogP contribution in [-0.4, -0.2) is 25.8 Å². The minimum Gasteiger partial charge on any atom is -0.383 e. The van der Waals surface area contributed by atoms with E-state index in [1.807, 2.05) is 0 Å². The van der Waals surface area contributed by atoms with Crippen LogP contribution in [-0.2, 0) is 4.74 Å². The predicted molar refractivity (Wildman–Crippen MR) is 62.7 cm³/mol. The van der Waals surface area contributed by atoms with E-state index in [-0.39, 0.29) is 0 Å². The zero-order chi connectivity index (χ0) is 10.8. The molecule has 0 rings (SSSR count). The molecule has 0 amide bonds. The summed E-state index contributed by atoms with van der Waals surface area (Å²) >= 11 is 0. The van der Waals surface area contributed by atoms with Crippen LogP contribution in [0.2, 0.25) is 0 Å². The first-order valence-electron chi connectivity index (χ1n) is 6.03. The second-order valence-electron chi connectivity index (χ2n) is 4.00. The molecule has 0 heterocycles. The summed E-state index contributed by atoms with van der Waals surface area (Å²) in [5.74, 6) is 0. The Morgan fingerprint density at radius 1 is 1.00 bits per heavy atom. The van der Waals surface area contributed by atoms with Crippen LogP contribution in [0.1, 0.15) is 52.9 Å². The monoisotopic (exact) mass is 201 g/mol. The van der Waals surface area contributed by atoms with Gasteiger partial charge in [-0.1, -0.05) is 33.6 Å². The van der Waals surface area contributed by atoms with Crippen molar-refractivity contribution in [2.75, 3.05) is 13.7 Å². The SMILES string of the molecule is CCCC(CCC)NC(CC)COC. The maximum Gasteiger partial charge on any atom is 0.0615 e. The summed E-state index contributed by atoms with van der Waals surface area (Å²) in [5.41, 5.74) is 0. The van der Waals surface area contributed by atoms with Gasteiger partial charge in [-0.3, -0.25) is 0 Å². The summed E-state index contributed by atoms with van der Waals surface area (Å²) in [5, 5.41) is 3.68. The second-order valence-corrected chi connectivity index (χ2v) is 4.00. The molecule has 0 fully saturated rings. The Hall–Kier alpha value is -0.0800. The molecule has 0 aliphatic carbocycles. The van der Waals surface area contributed by atoms with Gasteiger partial charge in [-0.2, -0.15) is 0 Å². The first kappa shape index (κ1) is 13.9. The molecule has 0 saturated carbocycles. The van der Waals surface area contributed by atoms with Crippen LogP contribution < -0.4 is 5.32 Å². The third-order valence-corrected chi connectivity index (χ3v) is 2.61. The molecule has 0 saturated heterocycles. The number of hydrogen-bond donors (Lipinski definition) is 1. The fourth-order valence-electron chi connectivity index (χ4n) is 1.83. The Morgan fingerprint density at radius 3 is 1.93 bits per heavy atom. The highest BCUT2D eigenvalue weighted by Gasteiger charge is 2.12. The van der Waals surface area contributed by atoms with E-state index in [0.717, 1.165) is 13.0 Å². The van der Waals surface area contributed by atoms with Gasteiger partial charge in [-0.05, 0) is 19.3 Å². The van der Waals surface area contributed by atoms with Gasteiger partial charge in [0, 0.05) is 19.2 Å². The van der Waals surface area contributed by atoms with Crippen molar-refractivity contribution in [2.24, 2.45) is 0 Å². The molecule has 0 aromatic rings. The summed E-state index contributed by atoms with van der Waals surface area (Å²) in [4.78, 5) is 0. The van der Waals surface area contributed by atoms with E-state index in [9.17, 15) is 0 Å². The molecule has 0 spiro atoms. The molecule has 0 aromatic carbocycles. The van der Waals surface area contributed by atoms with Crippen LogP contribution in [0.15, 0.2) is 0 Å². The smallest absolute Gasteiger partial charge is 0.0615 e. The van der Waals surface area contributed by atoms with Crippen molar-refractivity contribution in [2.45, 2.75) is 65.0 Å². The van der Waals surface area contributed by atoms with E-state index < -0.39 is 0 Å². The predicted octanol–water partition coefficient (Wildman–Crippen LogP) is 2.97. The molecule has 0 aromatic heterocycles. The largest absolute Gasteiger partial charge is 0.383 e. The lowest BCUT2D eigenvalue weighted by Gasteiger charge is -2.24. The number of methoxy groups -OCH3 is 1. The van der Waals surface area contributed by atoms with E-state index in [2.05, 4.69) is 26.1 Å². The Bertz CT molecular complexity index is 111. The fourth-order valence-corrected chi connectivity index (χ4v) is 1.83. The lowest BCUT2D eigenvalue weighted by atomic mass is 10.0. The average Bonchev–Trinajstić information content (AvgIpc) is 2.18. The zero-order valence-electron chi connectivity index (χ0n) is 10.3. The van der Waals surface area contributed by atoms with Crippen molar-refractivity contribution in [3.63, 3.8) is 0 Å². The topological polar surface area (TPSA) is 21.3 Å². The molecule has 1 unspecified atom stereocenters. The molecule has 0 bridgehead atoms. The molecule has 1 atom stereocenters. The number of rotatable bonds is 9.